The van der Waals surface area contributed by atoms with Gasteiger partial charge in [0.2, 0.25) is 0 Å². The van der Waals surface area contributed by atoms with Crippen molar-refractivity contribution in [1.29, 1.82) is 0 Å². The second-order valence-electron chi connectivity index (χ2n) is 2.14. The zero-order chi connectivity index (χ0) is 7.98. The quantitative estimate of drug-likeness (QED) is 0.554. The maximum atomic E-state index is 10.4. The molecular weight excluding hydrogens is 130 g/mol. The van der Waals surface area contributed by atoms with Gasteiger partial charge in [0.15, 0.2) is 0 Å². The summed E-state index contributed by atoms with van der Waals surface area (Å²) in [6.45, 7) is 3.88. The Morgan fingerprint density at radius 3 is 2.70 bits per heavy atom. The van der Waals surface area contributed by atoms with E-state index in [9.17, 15) is 4.79 Å². The number of carbonyl (C=O) groups is 1. The van der Waals surface area contributed by atoms with Gasteiger partial charge in [-0.25, -0.2) is 0 Å². The molecule has 0 aromatic heterocycles. The van der Waals surface area contributed by atoms with E-state index in [-0.39, 0.29) is 5.92 Å². The van der Waals surface area contributed by atoms with E-state index in [0.29, 0.717) is 19.4 Å². The van der Waals surface area contributed by atoms with Gasteiger partial charge in [-0.3, -0.25) is 4.79 Å². The van der Waals surface area contributed by atoms with Gasteiger partial charge in [0.25, 0.3) is 0 Å². The molecule has 0 aromatic rings. The number of aliphatic carboxylic acids is 1. The van der Waals surface area contributed by atoms with Gasteiger partial charge in [-0.05, 0) is 19.4 Å². The number of nitrogens with two attached hydrogens (primary N) is 1. The molecule has 3 nitrogen and oxygen atoms in total. The van der Waals surface area contributed by atoms with Gasteiger partial charge in [-0.1, -0.05) is 6.08 Å². The molecule has 1 unspecified atom stereocenters. The summed E-state index contributed by atoms with van der Waals surface area (Å²) in [6.07, 6.45) is 2.64. The fraction of sp³-hybridized carbons (Fsp3) is 0.571. The second-order valence-corrected chi connectivity index (χ2v) is 2.14. The van der Waals surface area contributed by atoms with Gasteiger partial charge < -0.3 is 10.8 Å². The van der Waals surface area contributed by atoms with Crippen LogP contribution in [-0.2, 0) is 4.79 Å². The van der Waals surface area contributed by atoms with Crippen LogP contribution in [-0.4, -0.2) is 17.6 Å². The van der Waals surface area contributed by atoms with Crippen LogP contribution in [0.2, 0.25) is 0 Å². The summed E-state index contributed by atoms with van der Waals surface area (Å²) in [6, 6.07) is 0. The van der Waals surface area contributed by atoms with Crippen molar-refractivity contribution in [3.8, 4) is 0 Å². The number of carboxylic acids is 1. The predicted molar refractivity (Wildman–Crippen MR) is 39.6 cm³/mol. The summed E-state index contributed by atoms with van der Waals surface area (Å²) in [5.41, 5.74) is 5.20. The van der Waals surface area contributed by atoms with E-state index in [2.05, 4.69) is 6.58 Å². The van der Waals surface area contributed by atoms with Crippen molar-refractivity contribution in [3.05, 3.63) is 12.7 Å². The summed E-state index contributed by atoms with van der Waals surface area (Å²) in [4.78, 5) is 10.4. The Balaban J connectivity index is 3.71. The van der Waals surface area contributed by atoms with Crippen molar-refractivity contribution >= 4 is 5.97 Å². The van der Waals surface area contributed by atoms with E-state index >= 15 is 0 Å². The van der Waals surface area contributed by atoms with Crippen LogP contribution < -0.4 is 5.73 Å². The van der Waals surface area contributed by atoms with E-state index in [1.54, 1.807) is 6.08 Å². The predicted octanol–water partition coefficient (Wildman–Crippen LogP) is 0.612. The molecule has 0 aromatic carbocycles. The van der Waals surface area contributed by atoms with Crippen LogP contribution in [0.4, 0.5) is 0 Å². The number of rotatable bonds is 5. The van der Waals surface area contributed by atoms with Crippen LogP contribution in [0.5, 0.6) is 0 Å². The first-order valence-electron chi connectivity index (χ1n) is 3.26. The van der Waals surface area contributed by atoms with Crippen LogP contribution in [0.3, 0.4) is 0 Å². The standard InChI is InChI=1S/C7H13NO2/c1-2-3-6(4-5-8)7(9)10/h2,6H,1,3-5,8H2,(H,9,10). The summed E-state index contributed by atoms with van der Waals surface area (Å²) in [5, 5.41) is 8.53. The third-order valence-electron chi connectivity index (χ3n) is 1.32. The SMILES string of the molecule is C=CCC(CCN)C(=O)O. The lowest BCUT2D eigenvalue weighted by molar-refractivity contribution is -0.141. The van der Waals surface area contributed by atoms with Crippen LogP contribution in [0.1, 0.15) is 12.8 Å². The lowest BCUT2D eigenvalue weighted by atomic mass is 10.0. The largest absolute Gasteiger partial charge is 0.481 e. The molecule has 3 heteroatoms. The van der Waals surface area contributed by atoms with Crippen molar-refractivity contribution < 1.29 is 9.90 Å². The number of allylic oxidation sites excluding steroid dienone is 1. The number of hydrogen-bond donors (Lipinski definition) is 2. The van der Waals surface area contributed by atoms with Gasteiger partial charge in [-0.2, -0.15) is 0 Å². The molecule has 0 spiro atoms. The van der Waals surface area contributed by atoms with Crippen molar-refractivity contribution in [2.75, 3.05) is 6.54 Å². The normalized spacial score (nSPS) is 12.5. The van der Waals surface area contributed by atoms with Gasteiger partial charge in [0.1, 0.15) is 0 Å². The lowest BCUT2D eigenvalue weighted by Crippen LogP contribution is -2.17. The molecule has 0 amide bonds. The monoisotopic (exact) mass is 143 g/mol. The molecule has 3 N–H and O–H groups in total. The van der Waals surface area contributed by atoms with Crippen molar-refractivity contribution in [2.24, 2.45) is 11.7 Å². The Morgan fingerprint density at radius 1 is 1.80 bits per heavy atom. The minimum Gasteiger partial charge on any atom is -0.481 e. The highest BCUT2D eigenvalue weighted by molar-refractivity contribution is 5.70. The minimum atomic E-state index is -0.787. The van der Waals surface area contributed by atoms with E-state index in [1.165, 1.54) is 0 Å². The fourth-order valence-corrected chi connectivity index (χ4v) is 0.745. The molecule has 0 bridgehead atoms. The Labute approximate surface area is 60.5 Å². The van der Waals surface area contributed by atoms with E-state index in [0.717, 1.165) is 0 Å². The maximum absolute atomic E-state index is 10.4. The molecule has 0 radical (unpaired) electrons. The summed E-state index contributed by atoms with van der Waals surface area (Å²) in [7, 11) is 0. The molecule has 0 heterocycles. The molecular formula is C7H13NO2. The molecule has 0 rings (SSSR count). The third-order valence-corrected chi connectivity index (χ3v) is 1.32. The van der Waals surface area contributed by atoms with Crippen LogP contribution in [0, 0.1) is 5.92 Å². The Hall–Kier alpha value is -0.830. The summed E-state index contributed by atoms with van der Waals surface area (Å²) in [5.74, 6) is -1.13. The second kappa shape index (κ2) is 4.99. The molecule has 0 saturated heterocycles. The molecule has 1 atom stereocenters. The van der Waals surface area contributed by atoms with Crippen LogP contribution in [0.15, 0.2) is 12.7 Å². The Bertz CT molecular complexity index is 123. The van der Waals surface area contributed by atoms with Crippen LogP contribution in [0.25, 0.3) is 0 Å². The molecule has 0 aliphatic rings. The van der Waals surface area contributed by atoms with E-state index in [4.69, 9.17) is 10.8 Å². The van der Waals surface area contributed by atoms with Gasteiger partial charge >= 0.3 is 5.97 Å². The number of carboxylic acid groups (broad SMARTS) is 1. The van der Waals surface area contributed by atoms with Crippen molar-refractivity contribution in [1.82, 2.24) is 0 Å². The minimum absolute atomic E-state index is 0.345. The Kier molecular flexibility index (Phi) is 4.58. The highest BCUT2D eigenvalue weighted by Gasteiger charge is 2.13. The molecule has 10 heavy (non-hydrogen) atoms. The average Bonchev–Trinajstić information content (AvgIpc) is 1.87. The van der Waals surface area contributed by atoms with Crippen molar-refractivity contribution in [2.45, 2.75) is 12.8 Å². The molecule has 0 saturated carbocycles. The smallest absolute Gasteiger partial charge is 0.306 e. The van der Waals surface area contributed by atoms with Gasteiger partial charge in [0.05, 0.1) is 5.92 Å². The first-order valence-corrected chi connectivity index (χ1v) is 3.26. The zero-order valence-corrected chi connectivity index (χ0v) is 5.92. The third kappa shape index (κ3) is 3.25. The topological polar surface area (TPSA) is 63.3 Å². The first-order chi connectivity index (χ1) is 4.72. The first kappa shape index (κ1) is 9.17. The van der Waals surface area contributed by atoms with E-state index in [1.807, 2.05) is 0 Å². The molecule has 0 aliphatic heterocycles. The maximum Gasteiger partial charge on any atom is 0.306 e. The fourth-order valence-electron chi connectivity index (χ4n) is 0.745. The zero-order valence-electron chi connectivity index (χ0n) is 5.92. The van der Waals surface area contributed by atoms with E-state index < -0.39 is 5.97 Å². The Morgan fingerprint density at radius 2 is 2.40 bits per heavy atom. The highest BCUT2D eigenvalue weighted by Crippen LogP contribution is 2.07. The molecule has 58 valence electrons. The molecule has 0 aliphatic carbocycles. The summed E-state index contributed by atoms with van der Waals surface area (Å²) < 4.78 is 0. The molecule has 0 fully saturated rings. The van der Waals surface area contributed by atoms with Crippen molar-refractivity contribution in [3.63, 3.8) is 0 Å². The summed E-state index contributed by atoms with van der Waals surface area (Å²) >= 11 is 0. The lowest BCUT2D eigenvalue weighted by Gasteiger charge is -2.06. The average molecular weight is 143 g/mol. The van der Waals surface area contributed by atoms with Gasteiger partial charge in [0, 0.05) is 0 Å². The van der Waals surface area contributed by atoms with Gasteiger partial charge in [-0.15, -0.1) is 6.58 Å². The number of hydrogen-bond acceptors (Lipinski definition) is 2. The van der Waals surface area contributed by atoms with Crippen LogP contribution >= 0.6 is 0 Å². The highest BCUT2D eigenvalue weighted by atomic mass is 16.4.